The van der Waals surface area contributed by atoms with Crippen LogP contribution in [0.15, 0.2) is 18.2 Å². The molecule has 0 bridgehead atoms. The number of aryl methyl sites for hydroxylation is 1. The van der Waals surface area contributed by atoms with Gasteiger partial charge in [-0.05, 0) is 25.8 Å². The first-order valence-electron chi connectivity index (χ1n) is 5.72. The van der Waals surface area contributed by atoms with Crippen molar-refractivity contribution in [1.82, 2.24) is 0 Å². The highest BCUT2D eigenvalue weighted by atomic mass is 16.6. The molecule has 0 radical (unpaired) electrons. The SMILES string of the molecule is Cc1cccc(NCCCCC(=O)O)c1[N+](=O)[O-]. The van der Waals surface area contributed by atoms with Crippen LogP contribution in [0.5, 0.6) is 0 Å². The van der Waals surface area contributed by atoms with E-state index >= 15 is 0 Å². The molecule has 1 aromatic carbocycles. The van der Waals surface area contributed by atoms with Crippen molar-refractivity contribution in [2.24, 2.45) is 0 Å². The number of nitrogens with one attached hydrogen (secondary N) is 1. The Morgan fingerprint density at radius 1 is 1.44 bits per heavy atom. The first-order valence-corrected chi connectivity index (χ1v) is 5.72. The average Bonchev–Trinajstić information content (AvgIpc) is 2.27. The quantitative estimate of drug-likeness (QED) is 0.442. The summed E-state index contributed by atoms with van der Waals surface area (Å²) in [5.41, 5.74) is 1.17. The third kappa shape index (κ3) is 4.04. The molecule has 0 spiro atoms. The van der Waals surface area contributed by atoms with Gasteiger partial charge < -0.3 is 10.4 Å². The first-order chi connectivity index (χ1) is 8.52. The first kappa shape index (κ1) is 14.0. The van der Waals surface area contributed by atoms with Crippen LogP contribution in [0.3, 0.4) is 0 Å². The molecule has 0 aromatic heterocycles. The maximum absolute atomic E-state index is 10.9. The lowest BCUT2D eigenvalue weighted by molar-refractivity contribution is -0.384. The third-order valence-electron chi connectivity index (χ3n) is 2.55. The van der Waals surface area contributed by atoms with E-state index in [-0.39, 0.29) is 12.1 Å². The molecule has 0 heterocycles. The summed E-state index contributed by atoms with van der Waals surface area (Å²) in [5, 5.41) is 22.4. The summed E-state index contributed by atoms with van der Waals surface area (Å²) in [6.07, 6.45) is 1.34. The second-order valence-electron chi connectivity index (χ2n) is 4.01. The fraction of sp³-hybridized carbons (Fsp3) is 0.417. The van der Waals surface area contributed by atoms with Crippen molar-refractivity contribution < 1.29 is 14.8 Å². The van der Waals surface area contributed by atoms with E-state index in [0.717, 1.165) is 0 Å². The number of unbranched alkanes of at least 4 members (excludes halogenated alkanes) is 1. The predicted molar refractivity (Wildman–Crippen MR) is 67.8 cm³/mol. The summed E-state index contributed by atoms with van der Waals surface area (Å²) < 4.78 is 0. The predicted octanol–water partition coefficient (Wildman–Crippen LogP) is 2.57. The van der Waals surface area contributed by atoms with Crippen LogP contribution < -0.4 is 5.32 Å². The molecule has 6 heteroatoms. The van der Waals surface area contributed by atoms with E-state index in [1.54, 1.807) is 25.1 Å². The number of nitro groups is 1. The van der Waals surface area contributed by atoms with Gasteiger partial charge in [-0.1, -0.05) is 12.1 Å². The smallest absolute Gasteiger partial charge is 0.303 e. The number of carboxylic acid groups (broad SMARTS) is 1. The number of hydrogen-bond acceptors (Lipinski definition) is 4. The minimum Gasteiger partial charge on any atom is -0.481 e. The molecule has 0 aliphatic heterocycles. The van der Waals surface area contributed by atoms with Crippen LogP contribution in [0.4, 0.5) is 11.4 Å². The molecular weight excluding hydrogens is 236 g/mol. The largest absolute Gasteiger partial charge is 0.481 e. The van der Waals surface area contributed by atoms with Crippen molar-refractivity contribution in [1.29, 1.82) is 0 Å². The number of carboxylic acids is 1. The van der Waals surface area contributed by atoms with Gasteiger partial charge in [-0.25, -0.2) is 0 Å². The summed E-state index contributed by atoms with van der Waals surface area (Å²) in [4.78, 5) is 20.8. The second kappa shape index (κ2) is 6.58. The van der Waals surface area contributed by atoms with Gasteiger partial charge in [0, 0.05) is 18.5 Å². The van der Waals surface area contributed by atoms with Gasteiger partial charge in [-0.3, -0.25) is 14.9 Å². The van der Waals surface area contributed by atoms with Crippen molar-refractivity contribution in [2.75, 3.05) is 11.9 Å². The number of para-hydroxylation sites is 1. The maximum atomic E-state index is 10.9. The van der Waals surface area contributed by atoms with E-state index < -0.39 is 10.9 Å². The van der Waals surface area contributed by atoms with Gasteiger partial charge in [-0.2, -0.15) is 0 Å². The minimum atomic E-state index is -0.823. The molecule has 18 heavy (non-hydrogen) atoms. The zero-order valence-corrected chi connectivity index (χ0v) is 10.2. The Labute approximate surface area is 105 Å². The molecule has 1 aromatic rings. The Balaban J connectivity index is 2.54. The topological polar surface area (TPSA) is 92.5 Å². The lowest BCUT2D eigenvalue weighted by atomic mass is 10.1. The van der Waals surface area contributed by atoms with Crippen LogP contribution in [-0.2, 0) is 4.79 Å². The van der Waals surface area contributed by atoms with E-state index in [2.05, 4.69) is 5.32 Å². The highest BCUT2D eigenvalue weighted by Crippen LogP contribution is 2.27. The van der Waals surface area contributed by atoms with Crippen LogP contribution in [0.25, 0.3) is 0 Å². The summed E-state index contributed by atoms with van der Waals surface area (Å²) in [5.74, 6) is -0.823. The fourth-order valence-electron chi connectivity index (χ4n) is 1.67. The summed E-state index contributed by atoms with van der Waals surface area (Å²) >= 11 is 0. The van der Waals surface area contributed by atoms with Crippen molar-refractivity contribution in [2.45, 2.75) is 26.2 Å². The van der Waals surface area contributed by atoms with E-state index in [9.17, 15) is 14.9 Å². The maximum Gasteiger partial charge on any atom is 0.303 e. The molecule has 6 nitrogen and oxygen atoms in total. The van der Waals surface area contributed by atoms with Gasteiger partial charge in [0.05, 0.1) is 4.92 Å². The molecule has 0 amide bonds. The van der Waals surface area contributed by atoms with Crippen LogP contribution in [0, 0.1) is 17.0 Å². The highest BCUT2D eigenvalue weighted by Gasteiger charge is 2.15. The minimum absolute atomic E-state index is 0.0794. The standard InChI is InChI=1S/C12H16N2O4/c1-9-5-4-6-10(12(9)14(17)18)13-8-3-2-7-11(15)16/h4-6,13H,2-3,7-8H2,1H3,(H,15,16). The number of rotatable bonds is 7. The van der Waals surface area contributed by atoms with E-state index in [1.165, 1.54) is 0 Å². The van der Waals surface area contributed by atoms with Gasteiger partial charge in [0.25, 0.3) is 5.69 Å². The Morgan fingerprint density at radius 3 is 2.78 bits per heavy atom. The Kier molecular flexibility index (Phi) is 5.10. The number of carbonyl (C=O) groups is 1. The van der Waals surface area contributed by atoms with Crippen LogP contribution in [0.2, 0.25) is 0 Å². The molecule has 0 saturated carbocycles. The molecular formula is C12H16N2O4. The van der Waals surface area contributed by atoms with E-state index in [1.807, 2.05) is 0 Å². The lowest BCUT2D eigenvalue weighted by Crippen LogP contribution is -2.06. The van der Waals surface area contributed by atoms with E-state index in [0.29, 0.717) is 30.6 Å². The summed E-state index contributed by atoms with van der Waals surface area (Å²) in [6, 6.07) is 5.10. The van der Waals surface area contributed by atoms with Crippen molar-refractivity contribution in [3.63, 3.8) is 0 Å². The molecule has 0 fully saturated rings. The molecule has 0 aliphatic carbocycles. The number of nitrogens with zero attached hydrogens (tertiary/aromatic N) is 1. The lowest BCUT2D eigenvalue weighted by Gasteiger charge is -2.07. The Bertz CT molecular complexity index is 446. The van der Waals surface area contributed by atoms with Crippen LogP contribution in [0.1, 0.15) is 24.8 Å². The number of benzene rings is 1. The van der Waals surface area contributed by atoms with Gasteiger partial charge in [0.1, 0.15) is 5.69 Å². The molecule has 0 aliphatic rings. The molecule has 1 rings (SSSR count). The second-order valence-corrected chi connectivity index (χ2v) is 4.01. The Hall–Kier alpha value is -2.11. The van der Waals surface area contributed by atoms with Crippen molar-refractivity contribution >= 4 is 17.3 Å². The zero-order chi connectivity index (χ0) is 13.5. The van der Waals surface area contributed by atoms with Gasteiger partial charge in [0.15, 0.2) is 0 Å². The molecule has 0 saturated heterocycles. The zero-order valence-electron chi connectivity index (χ0n) is 10.2. The number of anilines is 1. The van der Waals surface area contributed by atoms with Crippen molar-refractivity contribution in [3.8, 4) is 0 Å². The van der Waals surface area contributed by atoms with Gasteiger partial charge in [-0.15, -0.1) is 0 Å². The van der Waals surface area contributed by atoms with Crippen LogP contribution in [-0.4, -0.2) is 22.5 Å². The molecule has 0 atom stereocenters. The summed E-state index contributed by atoms with van der Waals surface area (Å²) in [7, 11) is 0. The molecule has 2 N–H and O–H groups in total. The Morgan fingerprint density at radius 2 is 2.17 bits per heavy atom. The van der Waals surface area contributed by atoms with Crippen LogP contribution >= 0.6 is 0 Å². The normalized spacial score (nSPS) is 10.1. The highest BCUT2D eigenvalue weighted by molar-refractivity contribution is 5.66. The number of hydrogen-bond donors (Lipinski definition) is 2. The van der Waals surface area contributed by atoms with Crippen molar-refractivity contribution in [3.05, 3.63) is 33.9 Å². The number of aliphatic carboxylic acids is 1. The monoisotopic (exact) mass is 252 g/mol. The molecule has 98 valence electrons. The summed E-state index contributed by atoms with van der Waals surface area (Å²) in [6.45, 7) is 2.21. The van der Waals surface area contributed by atoms with E-state index in [4.69, 9.17) is 5.11 Å². The fourth-order valence-corrected chi connectivity index (χ4v) is 1.67. The van der Waals surface area contributed by atoms with Gasteiger partial charge >= 0.3 is 5.97 Å². The number of nitro benzene ring substituents is 1. The third-order valence-corrected chi connectivity index (χ3v) is 2.55. The van der Waals surface area contributed by atoms with Gasteiger partial charge in [0.2, 0.25) is 0 Å². The average molecular weight is 252 g/mol. The molecule has 0 unspecified atom stereocenters.